The molecule has 6 nitrogen and oxygen atoms in total. The number of benzene rings is 1. The number of halogens is 1. The molecule has 0 atom stereocenters. The van der Waals surface area contributed by atoms with Crippen molar-refractivity contribution in [3.8, 4) is 0 Å². The number of thioether (sulfide) groups is 1. The Morgan fingerprint density at radius 2 is 1.91 bits per heavy atom. The van der Waals surface area contributed by atoms with Crippen molar-refractivity contribution in [2.75, 3.05) is 17.2 Å². The van der Waals surface area contributed by atoms with Gasteiger partial charge in [-0.25, -0.2) is 9.97 Å². The van der Waals surface area contributed by atoms with Gasteiger partial charge in [0.1, 0.15) is 11.6 Å². The smallest absolute Gasteiger partial charge is 0.221 e. The third kappa shape index (κ3) is 5.09. The van der Waals surface area contributed by atoms with Crippen LogP contribution in [0, 0.1) is 0 Å². The Morgan fingerprint density at radius 1 is 1.23 bits per heavy atom. The molecule has 0 saturated heterocycles. The Bertz CT molecular complexity index is 647. The van der Waals surface area contributed by atoms with E-state index in [4.69, 9.17) is 23.1 Å². The Balaban J connectivity index is 1.75. The standard InChI is InChI=1S/C14H16ClN5OS/c15-10-4-2-1-3-9(10)8-18-13(21)5-6-22-14-19-11(16)7-12(17)20-14/h1-4,7H,5-6,8H2,(H,18,21)(H4,16,17,19,20). The zero-order valence-corrected chi connectivity index (χ0v) is 13.3. The lowest BCUT2D eigenvalue weighted by Gasteiger charge is -2.07. The van der Waals surface area contributed by atoms with Crippen molar-refractivity contribution in [2.24, 2.45) is 0 Å². The summed E-state index contributed by atoms with van der Waals surface area (Å²) >= 11 is 7.36. The summed E-state index contributed by atoms with van der Waals surface area (Å²) < 4.78 is 0. The van der Waals surface area contributed by atoms with Gasteiger partial charge in [0.25, 0.3) is 0 Å². The summed E-state index contributed by atoms with van der Waals surface area (Å²) in [6.07, 6.45) is 0.340. The molecule has 0 spiro atoms. The van der Waals surface area contributed by atoms with Crippen LogP contribution in [-0.2, 0) is 11.3 Å². The van der Waals surface area contributed by atoms with Gasteiger partial charge in [-0.3, -0.25) is 4.79 Å². The van der Waals surface area contributed by atoms with Gasteiger partial charge in [0.2, 0.25) is 5.91 Å². The molecular weight excluding hydrogens is 322 g/mol. The summed E-state index contributed by atoms with van der Waals surface area (Å²) in [6, 6.07) is 8.88. The third-order valence-electron chi connectivity index (χ3n) is 2.74. The molecule has 0 aliphatic carbocycles. The van der Waals surface area contributed by atoms with Crippen LogP contribution < -0.4 is 16.8 Å². The summed E-state index contributed by atoms with van der Waals surface area (Å²) in [7, 11) is 0. The number of nitrogens with zero attached hydrogens (tertiary/aromatic N) is 2. The maximum atomic E-state index is 11.8. The molecule has 0 unspecified atom stereocenters. The second-order valence-corrected chi connectivity index (χ2v) is 5.94. The van der Waals surface area contributed by atoms with Gasteiger partial charge in [-0.1, -0.05) is 41.6 Å². The molecule has 0 bridgehead atoms. The van der Waals surface area contributed by atoms with Crippen molar-refractivity contribution >= 4 is 40.9 Å². The monoisotopic (exact) mass is 337 g/mol. The lowest BCUT2D eigenvalue weighted by Crippen LogP contribution is -2.23. The highest BCUT2D eigenvalue weighted by atomic mass is 35.5. The predicted octanol–water partition coefficient (Wildman–Crippen LogP) is 2.09. The predicted molar refractivity (Wildman–Crippen MR) is 89.5 cm³/mol. The minimum atomic E-state index is -0.0655. The number of carbonyl (C=O) groups excluding carboxylic acids is 1. The molecule has 0 fully saturated rings. The van der Waals surface area contributed by atoms with Crippen molar-refractivity contribution < 1.29 is 4.79 Å². The van der Waals surface area contributed by atoms with Gasteiger partial charge in [0.05, 0.1) is 0 Å². The van der Waals surface area contributed by atoms with Gasteiger partial charge in [-0.2, -0.15) is 0 Å². The van der Waals surface area contributed by atoms with E-state index >= 15 is 0 Å². The van der Waals surface area contributed by atoms with Crippen molar-refractivity contribution in [3.63, 3.8) is 0 Å². The number of anilines is 2. The zero-order chi connectivity index (χ0) is 15.9. The lowest BCUT2D eigenvalue weighted by molar-refractivity contribution is -0.120. The Hall–Kier alpha value is -1.99. The summed E-state index contributed by atoms with van der Waals surface area (Å²) in [5.74, 6) is 1.11. The Morgan fingerprint density at radius 3 is 2.59 bits per heavy atom. The molecule has 5 N–H and O–H groups in total. The SMILES string of the molecule is Nc1cc(N)nc(SCCC(=O)NCc2ccccc2Cl)n1. The lowest BCUT2D eigenvalue weighted by atomic mass is 10.2. The Kier molecular flexibility index (Phi) is 5.85. The summed E-state index contributed by atoms with van der Waals surface area (Å²) in [5, 5.41) is 3.93. The number of hydrogen-bond acceptors (Lipinski definition) is 6. The fraction of sp³-hybridized carbons (Fsp3) is 0.214. The van der Waals surface area contributed by atoms with Gasteiger partial charge >= 0.3 is 0 Å². The van der Waals surface area contributed by atoms with E-state index in [9.17, 15) is 4.79 Å². The van der Waals surface area contributed by atoms with E-state index in [2.05, 4.69) is 15.3 Å². The highest BCUT2D eigenvalue weighted by molar-refractivity contribution is 7.99. The van der Waals surface area contributed by atoms with Crippen LogP contribution in [0.3, 0.4) is 0 Å². The van der Waals surface area contributed by atoms with Gasteiger partial charge in [-0.05, 0) is 11.6 Å². The van der Waals surface area contributed by atoms with Gasteiger partial charge in [-0.15, -0.1) is 0 Å². The zero-order valence-electron chi connectivity index (χ0n) is 11.8. The molecule has 1 aromatic heterocycles. The quantitative estimate of drug-likeness (QED) is 0.550. The van der Waals surface area contributed by atoms with Crippen LogP contribution in [0.2, 0.25) is 5.02 Å². The maximum Gasteiger partial charge on any atom is 0.221 e. The first-order valence-corrected chi connectivity index (χ1v) is 7.94. The largest absolute Gasteiger partial charge is 0.383 e. The molecule has 1 amide bonds. The minimum Gasteiger partial charge on any atom is -0.383 e. The van der Waals surface area contributed by atoms with Crippen molar-refractivity contribution in [1.82, 2.24) is 15.3 Å². The molecule has 1 heterocycles. The summed E-state index contributed by atoms with van der Waals surface area (Å²) in [5.41, 5.74) is 12.0. The molecule has 2 aromatic rings. The van der Waals surface area contributed by atoms with Crippen molar-refractivity contribution in [1.29, 1.82) is 0 Å². The average Bonchev–Trinajstić information content (AvgIpc) is 2.45. The average molecular weight is 338 g/mol. The molecule has 8 heteroatoms. The van der Waals surface area contributed by atoms with E-state index in [0.29, 0.717) is 40.5 Å². The minimum absolute atomic E-state index is 0.0655. The number of nitrogens with one attached hydrogen (secondary N) is 1. The van der Waals surface area contributed by atoms with E-state index in [1.165, 1.54) is 17.8 Å². The molecular formula is C14H16ClN5OS. The van der Waals surface area contributed by atoms with E-state index in [1.807, 2.05) is 18.2 Å². The third-order valence-corrected chi connectivity index (χ3v) is 3.96. The van der Waals surface area contributed by atoms with E-state index in [0.717, 1.165) is 5.56 Å². The first-order chi connectivity index (χ1) is 10.5. The normalized spacial score (nSPS) is 10.4. The van der Waals surface area contributed by atoms with Crippen LogP contribution in [0.25, 0.3) is 0 Å². The van der Waals surface area contributed by atoms with E-state index < -0.39 is 0 Å². The molecule has 0 aliphatic rings. The fourth-order valence-corrected chi connectivity index (χ4v) is 2.70. The molecule has 0 aliphatic heterocycles. The molecule has 1 aromatic carbocycles. The summed E-state index contributed by atoms with van der Waals surface area (Å²) in [4.78, 5) is 19.9. The van der Waals surface area contributed by atoms with Crippen molar-refractivity contribution in [2.45, 2.75) is 18.1 Å². The van der Waals surface area contributed by atoms with Crippen LogP contribution in [0.4, 0.5) is 11.6 Å². The topological polar surface area (TPSA) is 107 Å². The van der Waals surface area contributed by atoms with Gasteiger partial charge < -0.3 is 16.8 Å². The highest BCUT2D eigenvalue weighted by Gasteiger charge is 2.06. The molecule has 116 valence electrons. The second kappa shape index (κ2) is 7.86. The van der Waals surface area contributed by atoms with Crippen LogP contribution in [-0.4, -0.2) is 21.6 Å². The highest BCUT2D eigenvalue weighted by Crippen LogP contribution is 2.17. The maximum absolute atomic E-state index is 11.8. The molecule has 0 saturated carbocycles. The van der Waals surface area contributed by atoms with E-state index in [1.54, 1.807) is 6.07 Å². The second-order valence-electron chi connectivity index (χ2n) is 4.47. The number of aromatic nitrogens is 2. The number of rotatable bonds is 6. The fourth-order valence-electron chi connectivity index (χ4n) is 1.69. The van der Waals surface area contributed by atoms with Crippen LogP contribution >= 0.6 is 23.4 Å². The molecule has 0 radical (unpaired) electrons. The van der Waals surface area contributed by atoms with Gasteiger partial charge in [0, 0.05) is 29.8 Å². The molecule has 22 heavy (non-hydrogen) atoms. The number of carbonyl (C=O) groups is 1. The number of amides is 1. The van der Waals surface area contributed by atoms with Crippen molar-refractivity contribution in [3.05, 3.63) is 40.9 Å². The summed E-state index contributed by atoms with van der Waals surface area (Å²) in [6.45, 7) is 0.408. The van der Waals surface area contributed by atoms with Gasteiger partial charge in [0.15, 0.2) is 5.16 Å². The number of hydrogen-bond donors (Lipinski definition) is 3. The van der Waals surface area contributed by atoms with Crippen LogP contribution in [0.1, 0.15) is 12.0 Å². The number of nitrogens with two attached hydrogens (primary N) is 2. The van der Waals surface area contributed by atoms with Crippen LogP contribution in [0.15, 0.2) is 35.5 Å². The Labute approximate surface area is 137 Å². The molecule has 2 rings (SSSR count). The first-order valence-electron chi connectivity index (χ1n) is 6.57. The number of nitrogen functional groups attached to an aromatic ring is 2. The van der Waals surface area contributed by atoms with Crippen LogP contribution in [0.5, 0.6) is 0 Å². The van der Waals surface area contributed by atoms with E-state index in [-0.39, 0.29) is 5.91 Å². The first kappa shape index (κ1) is 16.4.